The molecule has 0 unspecified atom stereocenters. The van der Waals surface area contributed by atoms with Crippen molar-refractivity contribution in [1.82, 2.24) is 9.97 Å². The first kappa shape index (κ1) is 18.7. The van der Waals surface area contributed by atoms with Gasteiger partial charge in [0.1, 0.15) is 0 Å². The lowest BCUT2D eigenvalue weighted by Crippen LogP contribution is -2.29. The fraction of sp³-hybridized carbons (Fsp3) is 0.273. The number of hydrogen-bond donors (Lipinski definition) is 1. The summed E-state index contributed by atoms with van der Waals surface area (Å²) in [5.74, 6) is -0.0694. The molecule has 0 spiro atoms. The summed E-state index contributed by atoms with van der Waals surface area (Å²) < 4.78 is 14.2. The third kappa shape index (κ3) is 4.42. The first-order valence-electron chi connectivity index (χ1n) is 9.56. The highest BCUT2D eigenvalue weighted by Crippen LogP contribution is 2.24. The summed E-state index contributed by atoms with van der Waals surface area (Å²) >= 11 is 6.19. The van der Waals surface area contributed by atoms with Gasteiger partial charge in [-0.15, -0.1) is 0 Å². The van der Waals surface area contributed by atoms with Crippen molar-refractivity contribution in [3.63, 3.8) is 0 Å². The molecule has 1 aliphatic rings. The van der Waals surface area contributed by atoms with E-state index < -0.39 is 5.82 Å². The van der Waals surface area contributed by atoms with Crippen molar-refractivity contribution in [2.24, 2.45) is 0 Å². The van der Waals surface area contributed by atoms with E-state index in [-0.39, 0.29) is 0 Å². The molecule has 1 N–H and O–H groups in total. The molecule has 1 saturated heterocycles. The van der Waals surface area contributed by atoms with Crippen molar-refractivity contribution < 1.29 is 4.39 Å². The van der Waals surface area contributed by atoms with Crippen molar-refractivity contribution in [2.45, 2.75) is 25.7 Å². The zero-order valence-corrected chi connectivity index (χ0v) is 16.3. The summed E-state index contributed by atoms with van der Waals surface area (Å²) in [6.45, 7) is 2.22. The molecule has 1 aliphatic heterocycles. The number of aromatic nitrogens is 2. The van der Waals surface area contributed by atoms with Gasteiger partial charge in [0.05, 0.1) is 11.9 Å². The second-order valence-corrected chi connectivity index (χ2v) is 7.38. The van der Waals surface area contributed by atoms with Crippen molar-refractivity contribution in [1.29, 1.82) is 0 Å². The Morgan fingerprint density at radius 3 is 2.50 bits per heavy atom. The smallest absolute Gasteiger partial charge is 0.227 e. The van der Waals surface area contributed by atoms with Crippen molar-refractivity contribution in [3.8, 4) is 0 Å². The molecule has 6 heteroatoms. The third-order valence-corrected chi connectivity index (χ3v) is 5.35. The highest BCUT2D eigenvalue weighted by Gasteiger charge is 2.12. The Balaban J connectivity index is 1.48. The molecule has 4 rings (SSSR count). The lowest BCUT2D eigenvalue weighted by atomic mass is 10.1. The molecule has 0 saturated carbocycles. The van der Waals surface area contributed by atoms with E-state index in [0.29, 0.717) is 23.1 Å². The number of halogens is 2. The second-order valence-electron chi connectivity index (χ2n) is 6.98. The van der Waals surface area contributed by atoms with Crippen LogP contribution in [0.4, 0.5) is 21.7 Å². The van der Waals surface area contributed by atoms with Crippen LogP contribution in [0.25, 0.3) is 0 Å². The molecule has 0 atom stereocenters. The minimum atomic E-state index is -0.439. The molecule has 3 aromatic rings. The molecular formula is C22H22ClFN4. The fourth-order valence-electron chi connectivity index (χ4n) is 3.45. The maximum absolute atomic E-state index is 14.2. The summed E-state index contributed by atoms with van der Waals surface area (Å²) in [5.41, 5.74) is 3.25. The second kappa shape index (κ2) is 8.57. The number of rotatable bonds is 5. The first-order chi connectivity index (χ1) is 13.7. The normalized spacial score (nSPS) is 14.1. The third-order valence-electron chi connectivity index (χ3n) is 4.98. The van der Waals surface area contributed by atoms with Gasteiger partial charge in [0.15, 0.2) is 5.82 Å². The van der Waals surface area contributed by atoms with Crippen LogP contribution >= 0.6 is 11.6 Å². The zero-order chi connectivity index (χ0) is 19.3. The molecular weight excluding hydrogens is 375 g/mol. The molecule has 1 fully saturated rings. The quantitative estimate of drug-likeness (QED) is 0.610. The molecule has 0 bridgehead atoms. The van der Waals surface area contributed by atoms with Gasteiger partial charge in [-0.2, -0.15) is 0 Å². The highest BCUT2D eigenvalue weighted by molar-refractivity contribution is 6.31. The molecule has 4 nitrogen and oxygen atoms in total. The van der Waals surface area contributed by atoms with Crippen LogP contribution in [0.1, 0.15) is 30.5 Å². The van der Waals surface area contributed by atoms with Gasteiger partial charge in [0, 0.05) is 35.9 Å². The lowest BCUT2D eigenvalue weighted by Gasteiger charge is -2.28. The molecule has 2 heterocycles. The Hall–Kier alpha value is -2.66. The summed E-state index contributed by atoms with van der Waals surface area (Å²) in [5, 5.41) is 3.76. The number of nitrogens with one attached hydrogen (secondary N) is 1. The summed E-state index contributed by atoms with van der Waals surface area (Å²) in [6, 6.07) is 15.6. The Labute approximate surface area is 169 Å². The number of piperidine rings is 1. The van der Waals surface area contributed by atoms with Crippen LogP contribution in [0.3, 0.4) is 0 Å². The van der Waals surface area contributed by atoms with Crippen LogP contribution in [0.5, 0.6) is 0 Å². The fourth-order valence-corrected chi connectivity index (χ4v) is 3.65. The van der Waals surface area contributed by atoms with Crippen LogP contribution in [0, 0.1) is 5.82 Å². The van der Waals surface area contributed by atoms with Crippen LogP contribution in [0.2, 0.25) is 5.02 Å². The van der Waals surface area contributed by atoms with Gasteiger partial charge in [0.2, 0.25) is 5.95 Å². The topological polar surface area (TPSA) is 41.1 Å². The number of hydrogen-bond acceptors (Lipinski definition) is 4. The van der Waals surface area contributed by atoms with Crippen molar-refractivity contribution in [2.75, 3.05) is 23.3 Å². The maximum atomic E-state index is 14.2. The predicted octanol–water partition coefficient (Wildman–Crippen LogP) is 5.59. The van der Waals surface area contributed by atoms with Crippen molar-refractivity contribution in [3.05, 3.63) is 76.8 Å². The van der Waals surface area contributed by atoms with Gasteiger partial charge in [-0.25, -0.2) is 14.4 Å². The van der Waals surface area contributed by atoms with E-state index in [9.17, 15) is 4.39 Å². The van der Waals surface area contributed by atoms with Gasteiger partial charge in [0.25, 0.3) is 0 Å². The SMILES string of the molecule is Fc1cnc(Nc2ccc(N3CCCCC3)cc2)nc1Cc1ccccc1Cl. The van der Waals surface area contributed by atoms with Gasteiger partial charge in [-0.1, -0.05) is 29.8 Å². The minimum absolute atomic E-state index is 0.315. The standard InChI is InChI=1S/C22H22ClFN4/c23-19-7-3-2-6-16(19)14-21-20(24)15-25-22(27-21)26-17-8-10-18(11-9-17)28-12-4-1-5-13-28/h2-3,6-11,15H,1,4-5,12-14H2,(H,25,26,27). The Morgan fingerprint density at radius 2 is 1.75 bits per heavy atom. The van der Waals surface area contributed by atoms with E-state index in [4.69, 9.17) is 11.6 Å². The molecule has 144 valence electrons. The molecule has 0 amide bonds. The number of benzene rings is 2. The number of nitrogens with zero attached hydrogens (tertiary/aromatic N) is 3. The van der Waals surface area contributed by atoms with Crippen LogP contribution in [0.15, 0.2) is 54.7 Å². The maximum Gasteiger partial charge on any atom is 0.227 e. The highest BCUT2D eigenvalue weighted by atomic mass is 35.5. The van der Waals surface area contributed by atoms with Crippen LogP contribution in [-0.4, -0.2) is 23.1 Å². The monoisotopic (exact) mass is 396 g/mol. The summed E-state index contributed by atoms with van der Waals surface area (Å²) in [4.78, 5) is 10.8. The van der Waals surface area contributed by atoms with Crippen LogP contribution < -0.4 is 10.2 Å². The van der Waals surface area contributed by atoms with E-state index >= 15 is 0 Å². The molecule has 2 aromatic carbocycles. The average molecular weight is 397 g/mol. The first-order valence-corrected chi connectivity index (χ1v) is 9.94. The Kier molecular flexibility index (Phi) is 5.72. The molecule has 0 radical (unpaired) electrons. The van der Waals surface area contributed by atoms with Crippen LogP contribution in [-0.2, 0) is 6.42 Å². The van der Waals surface area contributed by atoms with E-state index in [1.54, 1.807) is 6.07 Å². The van der Waals surface area contributed by atoms with Crippen molar-refractivity contribution >= 4 is 28.9 Å². The molecule has 1 aromatic heterocycles. The van der Waals surface area contributed by atoms with E-state index in [1.807, 2.05) is 30.3 Å². The lowest BCUT2D eigenvalue weighted by molar-refractivity contribution is 0.578. The Bertz CT molecular complexity index is 940. The van der Waals surface area contributed by atoms with E-state index in [0.717, 1.165) is 24.3 Å². The largest absolute Gasteiger partial charge is 0.372 e. The summed E-state index contributed by atoms with van der Waals surface area (Å²) in [6.07, 6.45) is 5.32. The van der Waals surface area contributed by atoms with Gasteiger partial charge in [-0.3, -0.25) is 0 Å². The average Bonchev–Trinajstić information content (AvgIpc) is 2.73. The van der Waals surface area contributed by atoms with E-state index in [1.165, 1.54) is 31.1 Å². The van der Waals surface area contributed by atoms with Gasteiger partial charge >= 0.3 is 0 Å². The Morgan fingerprint density at radius 1 is 1.00 bits per heavy atom. The summed E-state index contributed by atoms with van der Waals surface area (Å²) in [7, 11) is 0. The van der Waals surface area contributed by atoms with E-state index in [2.05, 4.69) is 32.3 Å². The molecule has 28 heavy (non-hydrogen) atoms. The number of anilines is 3. The van der Waals surface area contributed by atoms with Gasteiger partial charge < -0.3 is 10.2 Å². The zero-order valence-electron chi connectivity index (χ0n) is 15.5. The molecule has 0 aliphatic carbocycles. The van der Waals surface area contributed by atoms with Gasteiger partial charge in [-0.05, 0) is 55.2 Å². The predicted molar refractivity (Wildman–Crippen MR) is 112 cm³/mol. The minimum Gasteiger partial charge on any atom is -0.372 e.